The standard InChI is InChI=1S/C21H20ClN3O/c1-25(19-5-3-2-4-6-19)21(26)20-15-18(12-14-24-20)23-13-11-16-7-9-17(22)10-8-16/h2-10,12,14-15H,11,13H2,1H3,(H,23,24). The van der Waals surface area contributed by atoms with E-state index in [0.717, 1.165) is 29.4 Å². The average Bonchev–Trinajstić information content (AvgIpc) is 2.69. The number of carbonyl (C=O) groups excluding carboxylic acids is 1. The van der Waals surface area contributed by atoms with Crippen molar-refractivity contribution in [1.29, 1.82) is 0 Å². The predicted octanol–water partition coefficient (Wildman–Crippen LogP) is 4.67. The van der Waals surface area contributed by atoms with Crippen molar-refractivity contribution < 1.29 is 4.79 Å². The van der Waals surface area contributed by atoms with E-state index in [9.17, 15) is 4.79 Å². The molecule has 3 aromatic rings. The van der Waals surface area contributed by atoms with Crippen molar-refractivity contribution in [3.8, 4) is 0 Å². The van der Waals surface area contributed by atoms with Gasteiger partial charge in [-0.2, -0.15) is 0 Å². The van der Waals surface area contributed by atoms with Crippen LogP contribution in [0.25, 0.3) is 0 Å². The van der Waals surface area contributed by atoms with Crippen molar-refractivity contribution in [3.05, 3.63) is 89.2 Å². The zero-order chi connectivity index (χ0) is 18.4. The van der Waals surface area contributed by atoms with Crippen molar-refractivity contribution in [3.63, 3.8) is 0 Å². The molecule has 26 heavy (non-hydrogen) atoms. The van der Waals surface area contributed by atoms with Gasteiger partial charge in [0, 0.05) is 36.2 Å². The molecule has 1 heterocycles. The lowest BCUT2D eigenvalue weighted by atomic mass is 10.1. The first-order valence-corrected chi connectivity index (χ1v) is 8.79. The van der Waals surface area contributed by atoms with Crippen LogP contribution < -0.4 is 10.2 Å². The number of rotatable bonds is 6. The number of benzene rings is 2. The second kappa shape index (κ2) is 8.50. The van der Waals surface area contributed by atoms with E-state index in [1.165, 1.54) is 5.56 Å². The Hall–Kier alpha value is -2.85. The predicted molar refractivity (Wildman–Crippen MR) is 107 cm³/mol. The Morgan fingerprint density at radius 2 is 1.81 bits per heavy atom. The van der Waals surface area contributed by atoms with Gasteiger partial charge in [-0.25, -0.2) is 0 Å². The summed E-state index contributed by atoms with van der Waals surface area (Å²) < 4.78 is 0. The second-order valence-electron chi connectivity index (χ2n) is 5.93. The highest BCUT2D eigenvalue weighted by Gasteiger charge is 2.14. The topological polar surface area (TPSA) is 45.2 Å². The van der Waals surface area contributed by atoms with E-state index in [4.69, 9.17) is 11.6 Å². The third kappa shape index (κ3) is 4.61. The molecule has 1 amide bonds. The Balaban J connectivity index is 1.62. The quantitative estimate of drug-likeness (QED) is 0.690. The number of hydrogen-bond donors (Lipinski definition) is 1. The minimum Gasteiger partial charge on any atom is -0.385 e. The maximum atomic E-state index is 12.6. The number of aromatic nitrogens is 1. The lowest BCUT2D eigenvalue weighted by Gasteiger charge is -2.17. The van der Waals surface area contributed by atoms with Crippen molar-refractivity contribution in [1.82, 2.24) is 4.98 Å². The van der Waals surface area contributed by atoms with E-state index in [2.05, 4.69) is 10.3 Å². The zero-order valence-corrected chi connectivity index (χ0v) is 15.3. The summed E-state index contributed by atoms with van der Waals surface area (Å²) in [5.41, 5.74) is 3.32. The molecule has 0 fully saturated rings. The highest BCUT2D eigenvalue weighted by Crippen LogP contribution is 2.16. The molecule has 0 saturated carbocycles. The van der Waals surface area contributed by atoms with Gasteiger partial charge in [-0.3, -0.25) is 9.78 Å². The van der Waals surface area contributed by atoms with Crippen LogP contribution in [-0.4, -0.2) is 24.5 Å². The minimum atomic E-state index is -0.141. The first-order valence-electron chi connectivity index (χ1n) is 8.41. The average molecular weight is 366 g/mol. The van der Waals surface area contributed by atoms with Crippen LogP contribution in [0, 0.1) is 0 Å². The first-order chi connectivity index (χ1) is 12.6. The van der Waals surface area contributed by atoms with Gasteiger partial charge in [0.1, 0.15) is 5.69 Å². The van der Waals surface area contributed by atoms with Gasteiger partial charge in [-0.1, -0.05) is 41.9 Å². The zero-order valence-electron chi connectivity index (χ0n) is 14.5. The highest BCUT2D eigenvalue weighted by atomic mass is 35.5. The largest absolute Gasteiger partial charge is 0.385 e. The van der Waals surface area contributed by atoms with Crippen LogP contribution in [0.5, 0.6) is 0 Å². The molecule has 0 aliphatic rings. The van der Waals surface area contributed by atoms with E-state index >= 15 is 0 Å². The van der Waals surface area contributed by atoms with Crippen LogP contribution in [0.15, 0.2) is 72.9 Å². The summed E-state index contributed by atoms with van der Waals surface area (Å²) in [4.78, 5) is 18.5. The molecule has 5 heteroatoms. The van der Waals surface area contributed by atoms with E-state index in [0.29, 0.717) is 5.69 Å². The third-order valence-corrected chi connectivity index (χ3v) is 4.34. The fraction of sp³-hybridized carbons (Fsp3) is 0.143. The Morgan fingerprint density at radius 3 is 2.54 bits per heavy atom. The number of pyridine rings is 1. The summed E-state index contributed by atoms with van der Waals surface area (Å²) in [5.74, 6) is -0.141. The van der Waals surface area contributed by atoms with Gasteiger partial charge in [0.15, 0.2) is 0 Å². The fourth-order valence-electron chi connectivity index (χ4n) is 2.60. The number of carbonyl (C=O) groups is 1. The fourth-order valence-corrected chi connectivity index (χ4v) is 2.73. The Bertz CT molecular complexity index is 866. The molecule has 2 aromatic carbocycles. The van der Waals surface area contributed by atoms with Gasteiger partial charge < -0.3 is 10.2 Å². The molecule has 1 N–H and O–H groups in total. The lowest BCUT2D eigenvalue weighted by molar-refractivity contribution is 0.0988. The lowest BCUT2D eigenvalue weighted by Crippen LogP contribution is -2.27. The Labute approximate surface area is 158 Å². The number of nitrogens with zero attached hydrogens (tertiary/aromatic N) is 2. The normalized spacial score (nSPS) is 10.4. The van der Waals surface area contributed by atoms with Crippen LogP contribution in [0.3, 0.4) is 0 Å². The number of para-hydroxylation sites is 1. The number of hydrogen-bond acceptors (Lipinski definition) is 3. The van der Waals surface area contributed by atoms with Gasteiger partial charge in [-0.05, 0) is 48.4 Å². The number of halogens is 1. The molecule has 132 valence electrons. The molecular formula is C21H20ClN3O. The van der Waals surface area contributed by atoms with Gasteiger partial charge in [0.25, 0.3) is 5.91 Å². The SMILES string of the molecule is CN(C(=O)c1cc(NCCc2ccc(Cl)cc2)ccn1)c1ccccc1. The molecule has 0 bridgehead atoms. The first kappa shape index (κ1) is 18.0. The van der Waals surface area contributed by atoms with Gasteiger partial charge in [0.2, 0.25) is 0 Å². The van der Waals surface area contributed by atoms with Crippen LogP contribution in [0.2, 0.25) is 5.02 Å². The molecule has 0 spiro atoms. The van der Waals surface area contributed by atoms with Crippen LogP contribution >= 0.6 is 11.6 Å². The maximum Gasteiger partial charge on any atom is 0.276 e. The molecule has 4 nitrogen and oxygen atoms in total. The van der Waals surface area contributed by atoms with Crippen LogP contribution in [-0.2, 0) is 6.42 Å². The summed E-state index contributed by atoms with van der Waals surface area (Å²) in [6, 6.07) is 21.0. The van der Waals surface area contributed by atoms with E-state index in [1.54, 1.807) is 24.2 Å². The number of amides is 1. The van der Waals surface area contributed by atoms with Crippen LogP contribution in [0.4, 0.5) is 11.4 Å². The summed E-state index contributed by atoms with van der Waals surface area (Å²) in [7, 11) is 1.75. The van der Waals surface area contributed by atoms with Crippen molar-refractivity contribution in [2.24, 2.45) is 0 Å². The molecule has 0 saturated heterocycles. The summed E-state index contributed by atoms with van der Waals surface area (Å²) in [6.45, 7) is 0.758. The molecular weight excluding hydrogens is 346 g/mol. The van der Waals surface area contributed by atoms with E-state index < -0.39 is 0 Å². The molecule has 3 rings (SSSR count). The Kier molecular flexibility index (Phi) is 5.87. The number of nitrogens with one attached hydrogen (secondary N) is 1. The maximum absolute atomic E-state index is 12.6. The van der Waals surface area contributed by atoms with E-state index in [1.807, 2.05) is 60.7 Å². The van der Waals surface area contributed by atoms with Crippen molar-refractivity contribution in [2.45, 2.75) is 6.42 Å². The molecule has 0 aliphatic heterocycles. The molecule has 0 atom stereocenters. The van der Waals surface area contributed by atoms with Crippen LogP contribution in [0.1, 0.15) is 16.1 Å². The molecule has 0 unspecified atom stereocenters. The molecule has 1 aromatic heterocycles. The van der Waals surface area contributed by atoms with Crippen molar-refractivity contribution >= 4 is 28.9 Å². The van der Waals surface area contributed by atoms with Crippen molar-refractivity contribution in [2.75, 3.05) is 23.8 Å². The van der Waals surface area contributed by atoms with Gasteiger partial charge in [-0.15, -0.1) is 0 Å². The summed E-state index contributed by atoms with van der Waals surface area (Å²) >= 11 is 5.90. The van der Waals surface area contributed by atoms with Gasteiger partial charge >= 0.3 is 0 Å². The number of anilines is 2. The van der Waals surface area contributed by atoms with E-state index in [-0.39, 0.29) is 5.91 Å². The Morgan fingerprint density at radius 1 is 1.08 bits per heavy atom. The smallest absolute Gasteiger partial charge is 0.276 e. The summed E-state index contributed by atoms with van der Waals surface area (Å²) in [5, 5.41) is 4.08. The second-order valence-corrected chi connectivity index (χ2v) is 6.37. The summed E-state index contributed by atoms with van der Waals surface area (Å²) in [6.07, 6.45) is 2.52. The molecule has 0 radical (unpaired) electrons. The third-order valence-electron chi connectivity index (χ3n) is 4.08. The van der Waals surface area contributed by atoms with Gasteiger partial charge in [0.05, 0.1) is 0 Å². The highest BCUT2D eigenvalue weighted by molar-refractivity contribution is 6.30. The minimum absolute atomic E-state index is 0.141. The molecule has 0 aliphatic carbocycles. The monoisotopic (exact) mass is 365 g/mol.